The van der Waals surface area contributed by atoms with Crippen molar-refractivity contribution in [2.75, 3.05) is 66.1 Å². The fraction of sp³-hybridized carbons (Fsp3) is 0.944. The molecule has 0 aliphatic heterocycles. The second-order valence-electron chi connectivity index (χ2n) is 11.8. The first-order valence-corrected chi connectivity index (χ1v) is 18.3. The molecular weight excluding hydrogens is 560 g/mol. The van der Waals surface area contributed by atoms with Crippen molar-refractivity contribution in [2.45, 2.75) is 149 Å². The van der Waals surface area contributed by atoms with Gasteiger partial charge in [-0.25, -0.2) is 0 Å². The SMILES string of the molecule is CCCCCCCCCCCCCCCCCC(=O)OCCOCCOCCOCCOCCOC(=O)C(CC)CCCC. The molecule has 0 N–H and O–H groups in total. The fourth-order valence-electron chi connectivity index (χ4n) is 4.95. The minimum absolute atomic E-state index is 0.000329. The Hall–Kier alpha value is -1.22. The van der Waals surface area contributed by atoms with E-state index in [1.165, 1.54) is 83.5 Å². The van der Waals surface area contributed by atoms with Crippen molar-refractivity contribution in [1.82, 2.24) is 0 Å². The Morgan fingerprint density at radius 3 is 1.20 bits per heavy atom. The maximum Gasteiger partial charge on any atom is 0.308 e. The number of carbonyl (C=O) groups excluding carboxylic acids is 2. The largest absolute Gasteiger partial charge is 0.463 e. The lowest BCUT2D eigenvalue weighted by Gasteiger charge is -2.13. The number of hydrogen-bond donors (Lipinski definition) is 0. The molecule has 0 aromatic rings. The Morgan fingerprint density at radius 1 is 0.432 bits per heavy atom. The summed E-state index contributed by atoms with van der Waals surface area (Å²) in [7, 11) is 0. The van der Waals surface area contributed by atoms with Gasteiger partial charge in [0.05, 0.1) is 58.8 Å². The number of ether oxygens (including phenoxy) is 6. The summed E-state index contributed by atoms with van der Waals surface area (Å²) < 4.78 is 32.4. The number of unbranched alkanes of at least 4 members (excludes halogenated alkanes) is 15. The van der Waals surface area contributed by atoms with Gasteiger partial charge >= 0.3 is 11.9 Å². The molecule has 1 unspecified atom stereocenters. The first-order valence-electron chi connectivity index (χ1n) is 18.3. The van der Waals surface area contributed by atoms with Gasteiger partial charge in [-0.3, -0.25) is 9.59 Å². The normalized spacial score (nSPS) is 12.0. The lowest BCUT2D eigenvalue weighted by Crippen LogP contribution is -2.20. The highest BCUT2D eigenvalue weighted by atomic mass is 16.6. The summed E-state index contributed by atoms with van der Waals surface area (Å²) in [5.74, 6) is -0.248. The van der Waals surface area contributed by atoms with Crippen LogP contribution in [0.25, 0.3) is 0 Å². The van der Waals surface area contributed by atoms with E-state index in [0.29, 0.717) is 59.3 Å². The van der Waals surface area contributed by atoms with Gasteiger partial charge in [0, 0.05) is 6.42 Å². The predicted molar refractivity (Wildman–Crippen MR) is 178 cm³/mol. The van der Waals surface area contributed by atoms with Crippen LogP contribution in [-0.2, 0) is 38.0 Å². The second kappa shape index (κ2) is 36.3. The molecule has 8 nitrogen and oxygen atoms in total. The molecule has 0 saturated carbocycles. The molecule has 0 heterocycles. The van der Waals surface area contributed by atoms with Crippen molar-refractivity contribution < 1.29 is 38.0 Å². The van der Waals surface area contributed by atoms with Gasteiger partial charge in [0.25, 0.3) is 0 Å². The molecule has 0 rings (SSSR count). The van der Waals surface area contributed by atoms with Gasteiger partial charge in [-0.2, -0.15) is 0 Å². The first-order chi connectivity index (χ1) is 21.7. The van der Waals surface area contributed by atoms with E-state index in [0.717, 1.165) is 38.5 Å². The van der Waals surface area contributed by atoms with Crippen LogP contribution in [0.3, 0.4) is 0 Å². The average Bonchev–Trinajstić information content (AvgIpc) is 3.03. The van der Waals surface area contributed by atoms with E-state index in [9.17, 15) is 9.59 Å². The zero-order valence-corrected chi connectivity index (χ0v) is 29.1. The molecule has 262 valence electrons. The topological polar surface area (TPSA) is 89.5 Å². The lowest BCUT2D eigenvalue weighted by atomic mass is 10.00. The summed E-state index contributed by atoms with van der Waals surface area (Å²) in [5, 5.41) is 0. The maximum atomic E-state index is 12.0. The Kier molecular flexibility index (Phi) is 35.2. The Balaban J connectivity index is 3.25. The third-order valence-corrected chi connectivity index (χ3v) is 7.80. The van der Waals surface area contributed by atoms with Crippen LogP contribution >= 0.6 is 0 Å². The van der Waals surface area contributed by atoms with E-state index in [1.54, 1.807) is 0 Å². The van der Waals surface area contributed by atoms with Crippen LogP contribution in [0.2, 0.25) is 0 Å². The summed E-state index contributed by atoms with van der Waals surface area (Å²) >= 11 is 0. The van der Waals surface area contributed by atoms with E-state index < -0.39 is 0 Å². The zero-order chi connectivity index (χ0) is 32.2. The van der Waals surface area contributed by atoms with Crippen LogP contribution in [0, 0.1) is 5.92 Å². The summed E-state index contributed by atoms with van der Waals surface area (Å²) in [5.41, 5.74) is 0. The zero-order valence-electron chi connectivity index (χ0n) is 29.1. The highest BCUT2D eigenvalue weighted by molar-refractivity contribution is 5.72. The van der Waals surface area contributed by atoms with Crippen molar-refractivity contribution in [2.24, 2.45) is 5.92 Å². The summed E-state index contributed by atoms with van der Waals surface area (Å²) in [6.45, 7) is 10.5. The summed E-state index contributed by atoms with van der Waals surface area (Å²) in [4.78, 5) is 23.9. The third-order valence-electron chi connectivity index (χ3n) is 7.80. The molecule has 44 heavy (non-hydrogen) atoms. The molecule has 0 spiro atoms. The van der Waals surface area contributed by atoms with Gasteiger partial charge in [-0.05, 0) is 19.3 Å². The van der Waals surface area contributed by atoms with Crippen molar-refractivity contribution in [3.63, 3.8) is 0 Å². The molecule has 0 aliphatic carbocycles. The quantitative estimate of drug-likeness (QED) is 0.0502. The van der Waals surface area contributed by atoms with Crippen molar-refractivity contribution in [3.8, 4) is 0 Å². The maximum absolute atomic E-state index is 12.0. The third kappa shape index (κ3) is 32.2. The highest BCUT2D eigenvalue weighted by Gasteiger charge is 2.16. The molecule has 1 atom stereocenters. The monoisotopic (exact) mass is 631 g/mol. The minimum atomic E-state index is -0.130. The van der Waals surface area contributed by atoms with Crippen LogP contribution in [-0.4, -0.2) is 78.0 Å². The van der Waals surface area contributed by atoms with E-state index in [1.807, 2.05) is 6.92 Å². The summed E-state index contributed by atoms with van der Waals surface area (Å²) in [6, 6.07) is 0. The molecule has 0 aromatic heterocycles. The molecule has 0 bridgehead atoms. The molecule has 0 amide bonds. The van der Waals surface area contributed by atoms with Gasteiger partial charge in [-0.15, -0.1) is 0 Å². The number of rotatable bonds is 36. The van der Waals surface area contributed by atoms with Gasteiger partial charge in [0.1, 0.15) is 13.2 Å². The molecule has 0 radical (unpaired) electrons. The number of hydrogen-bond acceptors (Lipinski definition) is 8. The van der Waals surface area contributed by atoms with Gasteiger partial charge < -0.3 is 28.4 Å². The smallest absolute Gasteiger partial charge is 0.308 e. The van der Waals surface area contributed by atoms with Crippen LogP contribution in [0.4, 0.5) is 0 Å². The lowest BCUT2D eigenvalue weighted by molar-refractivity contribution is -0.150. The first kappa shape index (κ1) is 42.8. The van der Waals surface area contributed by atoms with Crippen molar-refractivity contribution >= 4 is 11.9 Å². The van der Waals surface area contributed by atoms with Crippen molar-refractivity contribution in [3.05, 3.63) is 0 Å². The van der Waals surface area contributed by atoms with Crippen LogP contribution in [0.1, 0.15) is 149 Å². The van der Waals surface area contributed by atoms with Crippen molar-refractivity contribution in [1.29, 1.82) is 0 Å². The molecule has 0 fully saturated rings. The predicted octanol–water partition coefficient (Wildman–Crippen LogP) is 8.62. The standard InChI is InChI=1S/C36H70O8/c1-4-7-9-10-11-12-13-14-15-16-17-18-19-20-21-23-35(37)43-32-30-41-28-26-39-24-25-40-27-29-42-31-33-44-36(38)34(6-3)22-8-5-2/h34H,4-33H2,1-3H3. The molecule has 0 saturated heterocycles. The van der Waals surface area contributed by atoms with Gasteiger partial charge in [0.2, 0.25) is 0 Å². The summed E-state index contributed by atoms with van der Waals surface area (Å²) in [6.07, 6.45) is 24.1. The molecule has 0 aliphatic rings. The second-order valence-corrected chi connectivity index (χ2v) is 11.8. The number of carbonyl (C=O) groups is 2. The van der Waals surface area contributed by atoms with E-state index in [4.69, 9.17) is 28.4 Å². The highest BCUT2D eigenvalue weighted by Crippen LogP contribution is 2.15. The Labute approximate surface area is 271 Å². The van der Waals surface area contributed by atoms with Crippen LogP contribution in [0.5, 0.6) is 0 Å². The fourth-order valence-corrected chi connectivity index (χ4v) is 4.95. The van der Waals surface area contributed by atoms with Crippen LogP contribution < -0.4 is 0 Å². The van der Waals surface area contributed by atoms with E-state index in [-0.39, 0.29) is 31.1 Å². The van der Waals surface area contributed by atoms with Gasteiger partial charge in [0.15, 0.2) is 0 Å². The minimum Gasteiger partial charge on any atom is -0.463 e. The van der Waals surface area contributed by atoms with Gasteiger partial charge in [-0.1, -0.05) is 124 Å². The van der Waals surface area contributed by atoms with E-state index in [2.05, 4.69) is 13.8 Å². The Bertz CT molecular complexity index is 601. The number of esters is 2. The molecular formula is C36H70O8. The Morgan fingerprint density at radius 2 is 0.795 bits per heavy atom. The van der Waals surface area contributed by atoms with Crippen LogP contribution in [0.15, 0.2) is 0 Å². The molecule has 0 aromatic carbocycles. The molecule has 8 heteroatoms. The average molecular weight is 631 g/mol. The van der Waals surface area contributed by atoms with E-state index >= 15 is 0 Å².